The number of nitrogens with one attached hydrogen (secondary N) is 3. The predicted molar refractivity (Wildman–Crippen MR) is 86.1 cm³/mol. The average molecular weight is 308 g/mol. The molecule has 7 heteroatoms. The van der Waals surface area contributed by atoms with E-state index in [0.717, 1.165) is 0 Å². The van der Waals surface area contributed by atoms with Crippen molar-refractivity contribution in [3.8, 4) is 0 Å². The van der Waals surface area contributed by atoms with Crippen molar-refractivity contribution in [2.75, 3.05) is 39.3 Å². The monoisotopic (exact) mass is 308 g/mol. The Morgan fingerprint density at radius 1 is 0.773 bits per heavy atom. The van der Waals surface area contributed by atoms with E-state index >= 15 is 0 Å². The Bertz CT molecular complexity index is 421. The number of hydrogen-bond donors (Lipinski definition) is 3. The van der Waals surface area contributed by atoms with Gasteiger partial charge in [-0.3, -0.25) is 14.4 Å². The minimum atomic E-state index is -0.276. The average Bonchev–Trinajstić information content (AvgIpc) is 2.54. The van der Waals surface area contributed by atoms with Crippen LogP contribution in [0.25, 0.3) is 0 Å². The molecule has 0 aliphatic heterocycles. The van der Waals surface area contributed by atoms with E-state index in [9.17, 15) is 14.4 Å². The van der Waals surface area contributed by atoms with E-state index in [0.29, 0.717) is 39.3 Å². The van der Waals surface area contributed by atoms with Crippen LogP contribution in [0.15, 0.2) is 38.0 Å². The van der Waals surface area contributed by atoms with E-state index in [4.69, 9.17) is 0 Å². The highest BCUT2D eigenvalue weighted by atomic mass is 16.2. The topological polar surface area (TPSA) is 90.5 Å². The van der Waals surface area contributed by atoms with Gasteiger partial charge >= 0.3 is 0 Å². The summed E-state index contributed by atoms with van der Waals surface area (Å²) in [6.45, 7) is 13.0. The Hall–Kier alpha value is -2.41. The van der Waals surface area contributed by atoms with Crippen LogP contribution in [-0.4, -0.2) is 61.9 Å². The van der Waals surface area contributed by atoms with Gasteiger partial charge in [0.1, 0.15) is 0 Å². The summed E-state index contributed by atoms with van der Waals surface area (Å²) in [7, 11) is 0. The van der Waals surface area contributed by atoms with Gasteiger partial charge in [-0.15, -0.1) is 0 Å². The van der Waals surface area contributed by atoms with E-state index < -0.39 is 0 Å². The lowest BCUT2D eigenvalue weighted by Gasteiger charge is -2.21. The molecule has 3 amide bonds. The molecule has 0 spiro atoms. The molecule has 0 bridgehead atoms. The largest absolute Gasteiger partial charge is 0.351 e. The highest BCUT2D eigenvalue weighted by Crippen LogP contribution is 1.89. The maximum absolute atomic E-state index is 11.7. The van der Waals surface area contributed by atoms with Crippen LogP contribution in [0.5, 0.6) is 0 Å². The van der Waals surface area contributed by atoms with Crippen LogP contribution >= 0.6 is 0 Å². The minimum absolute atomic E-state index is 0.199. The Morgan fingerprint density at radius 2 is 1.32 bits per heavy atom. The van der Waals surface area contributed by atoms with E-state index in [2.05, 4.69) is 35.7 Å². The predicted octanol–water partition coefficient (Wildman–Crippen LogP) is -0.805. The summed E-state index contributed by atoms with van der Waals surface area (Å²) in [5.74, 6) is -0.695. The first kappa shape index (κ1) is 19.6. The van der Waals surface area contributed by atoms with Crippen molar-refractivity contribution in [1.82, 2.24) is 20.9 Å². The molecule has 22 heavy (non-hydrogen) atoms. The third-order valence-electron chi connectivity index (χ3n) is 2.70. The fourth-order valence-corrected chi connectivity index (χ4v) is 1.53. The molecule has 7 nitrogen and oxygen atoms in total. The number of amides is 3. The SMILES string of the molecule is C=CC(=O)NCCNCCN(CCNC(=O)C=C)C(=O)C=C. The summed E-state index contributed by atoms with van der Waals surface area (Å²) in [5.41, 5.74) is 0. The summed E-state index contributed by atoms with van der Waals surface area (Å²) in [4.78, 5) is 35.2. The van der Waals surface area contributed by atoms with Crippen LogP contribution in [-0.2, 0) is 14.4 Å². The molecule has 0 aromatic heterocycles. The fourth-order valence-electron chi connectivity index (χ4n) is 1.53. The molecule has 122 valence electrons. The van der Waals surface area contributed by atoms with Crippen molar-refractivity contribution in [2.45, 2.75) is 0 Å². The molecule has 0 aromatic carbocycles. The van der Waals surface area contributed by atoms with Gasteiger partial charge in [0, 0.05) is 39.3 Å². The minimum Gasteiger partial charge on any atom is -0.351 e. The molecule has 0 aliphatic carbocycles. The third-order valence-corrected chi connectivity index (χ3v) is 2.70. The number of nitrogens with zero attached hydrogens (tertiary/aromatic N) is 1. The fraction of sp³-hybridized carbons (Fsp3) is 0.400. The molecular formula is C15H24N4O3. The zero-order valence-electron chi connectivity index (χ0n) is 12.8. The number of carbonyl (C=O) groups excluding carboxylic acids is 3. The molecule has 0 saturated heterocycles. The van der Waals surface area contributed by atoms with Crippen LogP contribution in [0, 0.1) is 0 Å². The van der Waals surface area contributed by atoms with Gasteiger partial charge in [0.25, 0.3) is 0 Å². The van der Waals surface area contributed by atoms with Gasteiger partial charge < -0.3 is 20.9 Å². The van der Waals surface area contributed by atoms with Crippen LogP contribution < -0.4 is 16.0 Å². The van der Waals surface area contributed by atoms with Crippen molar-refractivity contribution in [3.05, 3.63) is 38.0 Å². The van der Waals surface area contributed by atoms with E-state index in [1.54, 1.807) is 4.90 Å². The summed E-state index contributed by atoms with van der Waals surface area (Å²) < 4.78 is 0. The molecule has 3 N–H and O–H groups in total. The summed E-state index contributed by atoms with van der Waals surface area (Å²) in [5, 5.41) is 8.35. The van der Waals surface area contributed by atoms with E-state index in [1.807, 2.05) is 0 Å². The molecular weight excluding hydrogens is 284 g/mol. The van der Waals surface area contributed by atoms with Crippen LogP contribution in [0.2, 0.25) is 0 Å². The van der Waals surface area contributed by atoms with Crippen LogP contribution in [0.1, 0.15) is 0 Å². The summed E-state index contributed by atoms with van der Waals surface area (Å²) >= 11 is 0. The Balaban J connectivity index is 3.94. The molecule has 0 aliphatic rings. The lowest BCUT2D eigenvalue weighted by atomic mass is 10.4. The van der Waals surface area contributed by atoms with Gasteiger partial charge in [0.15, 0.2) is 0 Å². The Kier molecular flexibility index (Phi) is 11.0. The second kappa shape index (κ2) is 12.3. The number of hydrogen-bond acceptors (Lipinski definition) is 4. The van der Waals surface area contributed by atoms with Crippen molar-refractivity contribution in [1.29, 1.82) is 0 Å². The highest BCUT2D eigenvalue weighted by Gasteiger charge is 2.09. The molecule has 0 unspecified atom stereocenters. The molecule has 0 fully saturated rings. The number of carbonyl (C=O) groups is 3. The maximum Gasteiger partial charge on any atom is 0.246 e. The standard InChI is InChI=1S/C15H24N4O3/c1-4-13(20)17-8-7-16-9-11-19(15(22)6-3)12-10-18-14(21)5-2/h4-6,16H,1-3,7-12H2,(H,17,20)(H,18,21). The molecule has 0 heterocycles. The van der Waals surface area contributed by atoms with Gasteiger partial charge in [0.2, 0.25) is 17.7 Å². The van der Waals surface area contributed by atoms with Gasteiger partial charge in [-0.25, -0.2) is 0 Å². The highest BCUT2D eigenvalue weighted by molar-refractivity contribution is 5.88. The molecule has 0 saturated carbocycles. The van der Waals surface area contributed by atoms with Crippen molar-refractivity contribution >= 4 is 17.7 Å². The van der Waals surface area contributed by atoms with Crippen LogP contribution in [0.4, 0.5) is 0 Å². The van der Waals surface area contributed by atoms with Crippen molar-refractivity contribution in [3.63, 3.8) is 0 Å². The number of rotatable bonds is 12. The summed E-state index contributed by atoms with van der Waals surface area (Å²) in [6, 6.07) is 0. The molecule has 0 rings (SSSR count). The quantitative estimate of drug-likeness (QED) is 0.325. The van der Waals surface area contributed by atoms with Crippen LogP contribution in [0.3, 0.4) is 0 Å². The van der Waals surface area contributed by atoms with E-state index in [-0.39, 0.29) is 17.7 Å². The smallest absolute Gasteiger partial charge is 0.246 e. The first-order chi connectivity index (χ1) is 10.5. The normalized spacial score (nSPS) is 9.45. The Morgan fingerprint density at radius 3 is 1.86 bits per heavy atom. The van der Waals surface area contributed by atoms with Crippen molar-refractivity contribution in [2.24, 2.45) is 0 Å². The summed E-state index contributed by atoms with van der Waals surface area (Å²) in [6.07, 6.45) is 3.63. The lowest BCUT2D eigenvalue weighted by molar-refractivity contribution is -0.126. The van der Waals surface area contributed by atoms with E-state index in [1.165, 1.54) is 18.2 Å². The second-order valence-corrected chi connectivity index (χ2v) is 4.27. The third kappa shape index (κ3) is 9.49. The molecule has 0 atom stereocenters. The van der Waals surface area contributed by atoms with Gasteiger partial charge in [-0.1, -0.05) is 19.7 Å². The first-order valence-electron chi connectivity index (χ1n) is 6.97. The van der Waals surface area contributed by atoms with Gasteiger partial charge in [-0.05, 0) is 18.2 Å². The maximum atomic E-state index is 11.7. The molecule has 0 aromatic rings. The van der Waals surface area contributed by atoms with Crippen molar-refractivity contribution < 1.29 is 14.4 Å². The Labute approximate surface area is 131 Å². The lowest BCUT2D eigenvalue weighted by Crippen LogP contribution is -2.42. The molecule has 0 radical (unpaired) electrons. The zero-order chi connectivity index (χ0) is 16.8. The zero-order valence-corrected chi connectivity index (χ0v) is 12.8. The second-order valence-electron chi connectivity index (χ2n) is 4.27. The van der Waals surface area contributed by atoms with Gasteiger partial charge in [-0.2, -0.15) is 0 Å². The van der Waals surface area contributed by atoms with Gasteiger partial charge in [0.05, 0.1) is 0 Å². The first-order valence-corrected chi connectivity index (χ1v) is 6.97.